The van der Waals surface area contributed by atoms with Crippen molar-refractivity contribution in [2.24, 2.45) is 5.73 Å². The summed E-state index contributed by atoms with van der Waals surface area (Å²) in [6.45, 7) is 3.83. The van der Waals surface area contributed by atoms with Crippen LogP contribution in [0.2, 0.25) is 5.02 Å². The Balaban J connectivity index is 0.00000261. The molecule has 1 aromatic heterocycles. The van der Waals surface area contributed by atoms with E-state index in [2.05, 4.69) is 15.6 Å². The molecule has 1 saturated heterocycles. The average Bonchev–Trinajstić information content (AvgIpc) is 2.62. The number of nitrogens with one attached hydrogen (secondary N) is 2. The highest BCUT2D eigenvalue weighted by Gasteiger charge is 2.19. The molecule has 1 aliphatic rings. The number of benzene rings is 1. The summed E-state index contributed by atoms with van der Waals surface area (Å²) in [5.74, 6) is -1.06. The Kier molecular flexibility index (Phi) is 7.15. The number of hydrogen-bond acceptors (Lipinski definition) is 5. The predicted molar refractivity (Wildman–Crippen MR) is 106 cm³/mol. The number of primary amides is 1. The quantitative estimate of drug-likeness (QED) is 0.717. The molecular weight excluding hydrogens is 391 g/mol. The lowest BCUT2D eigenvalue weighted by Crippen LogP contribution is -2.33. The number of pyridine rings is 1. The van der Waals surface area contributed by atoms with Crippen LogP contribution in [-0.2, 0) is 4.74 Å². The fourth-order valence-electron chi connectivity index (χ4n) is 2.76. The van der Waals surface area contributed by atoms with Gasteiger partial charge in [-0.15, -0.1) is 12.4 Å². The molecule has 4 N–H and O–H groups in total. The number of carbonyl (C=O) groups excluding carboxylic acids is 2. The Labute approximate surface area is 168 Å². The van der Waals surface area contributed by atoms with E-state index in [1.54, 1.807) is 25.1 Å². The first-order chi connectivity index (χ1) is 12.4. The van der Waals surface area contributed by atoms with Crippen molar-refractivity contribution >= 4 is 41.5 Å². The Morgan fingerprint density at radius 3 is 2.74 bits per heavy atom. The first-order valence-electron chi connectivity index (χ1n) is 8.15. The third kappa shape index (κ3) is 5.17. The van der Waals surface area contributed by atoms with Crippen molar-refractivity contribution in [1.82, 2.24) is 10.3 Å². The number of ether oxygens (including phenoxy) is 1. The second-order valence-corrected chi connectivity index (χ2v) is 6.41. The number of morpholine rings is 1. The van der Waals surface area contributed by atoms with Crippen LogP contribution in [-0.4, -0.2) is 36.5 Å². The van der Waals surface area contributed by atoms with Gasteiger partial charge in [-0.2, -0.15) is 0 Å². The number of aryl methyl sites for hydroxylation is 1. The predicted octanol–water partition coefficient (Wildman–Crippen LogP) is 2.48. The number of rotatable bonds is 4. The zero-order valence-corrected chi connectivity index (χ0v) is 16.2. The summed E-state index contributed by atoms with van der Waals surface area (Å²) in [6, 6.07) is 8.22. The maximum Gasteiger partial charge on any atom is 0.267 e. The van der Waals surface area contributed by atoms with E-state index in [1.807, 2.05) is 6.07 Å². The Morgan fingerprint density at radius 1 is 1.33 bits per heavy atom. The Bertz CT molecular complexity index is 854. The standard InChI is InChI=1S/C18H19ClN4O3.ClH/c1-10-6-11(7-15(22-10)17(20)24)18(25)23-12-2-3-13(14(19)8-12)16-9-21-4-5-26-16;/h2-3,6-8,16,21H,4-5,9H2,1H3,(H2,20,24)(H,23,25);1H. The second-order valence-electron chi connectivity index (χ2n) is 6.00. The highest BCUT2D eigenvalue weighted by Crippen LogP contribution is 2.29. The molecule has 1 atom stereocenters. The van der Waals surface area contributed by atoms with Gasteiger partial charge in [0.25, 0.3) is 11.8 Å². The summed E-state index contributed by atoms with van der Waals surface area (Å²) in [6.07, 6.45) is -0.109. The van der Waals surface area contributed by atoms with E-state index in [0.717, 1.165) is 12.1 Å². The molecule has 0 aliphatic carbocycles. The van der Waals surface area contributed by atoms with Crippen LogP contribution in [0.25, 0.3) is 0 Å². The van der Waals surface area contributed by atoms with Gasteiger partial charge in [-0.1, -0.05) is 17.7 Å². The van der Waals surface area contributed by atoms with Crippen LogP contribution in [0.4, 0.5) is 5.69 Å². The Morgan fingerprint density at radius 2 is 2.11 bits per heavy atom. The van der Waals surface area contributed by atoms with Gasteiger partial charge in [-0.05, 0) is 31.2 Å². The third-order valence-electron chi connectivity index (χ3n) is 4.00. The number of aromatic nitrogens is 1. The van der Waals surface area contributed by atoms with Gasteiger partial charge in [0.2, 0.25) is 0 Å². The minimum Gasteiger partial charge on any atom is -0.371 e. The second kappa shape index (κ2) is 9.14. The van der Waals surface area contributed by atoms with Gasteiger partial charge in [-0.25, -0.2) is 4.98 Å². The zero-order valence-electron chi connectivity index (χ0n) is 14.6. The van der Waals surface area contributed by atoms with E-state index in [9.17, 15) is 9.59 Å². The van der Waals surface area contributed by atoms with Crippen molar-refractivity contribution in [3.05, 3.63) is 57.9 Å². The minimum atomic E-state index is -0.684. The molecule has 0 bridgehead atoms. The topological polar surface area (TPSA) is 106 Å². The lowest BCUT2D eigenvalue weighted by molar-refractivity contribution is 0.0278. The fraction of sp³-hybridized carbons (Fsp3) is 0.278. The van der Waals surface area contributed by atoms with Gasteiger partial charge in [0.15, 0.2) is 0 Å². The summed E-state index contributed by atoms with van der Waals surface area (Å²) in [7, 11) is 0. The summed E-state index contributed by atoms with van der Waals surface area (Å²) in [5.41, 5.74) is 7.53. The number of halogens is 2. The molecule has 2 amide bonds. The average molecular weight is 411 g/mol. The van der Waals surface area contributed by atoms with Crippen molar-refractivity contribution in [3.8, 4) is 0 Å². The van der Waals surface area contributed by atoms with Crippen LogP contribution < -0.4 is 16.4 Å². The zero-order chi connectivity index (χ0) is 18.7. The summed E-state index contributed by atoms with van der Waals surface area (Å²) < 4.78 is 5.70. The first kappa shape index (κ1) is 21.1. The van der Waals surface area contributed by atoms with Crippen molar-refractivity contribution in [2.75, 3.05) is 25.0 Å². The summed E-state index contributed by atoms with van der Waals surface area (Å²) >= 11 is 6.35. The highest BCUT2D eigenvalue weighted by atomic mass is 35.5. The maximum atomic E-state index is 12.5. The van der Waals surface area contributed by atoms with E-state index in [1.165, 1.54) is 6.07 Å². The van der Waals surface area contributed by atoms with Gasteiger partial charge < -0.3 is 21.1 Å². The van der Waals surface area contributed by atoms with Crippen LogP contribution >= 0.6 is 24.0 Å². The molecule has 2 aromatic rings. The molecule has 3 rings (SSSR count). The van der Waals surface area contributed by atoms with E-state index in [-0.39, 0.29) is 30.1 Å². The number of amides is 2. The monoisotopic (exact) mass is 410 g/mol. The smallest absolute Gasteiger partial charge is 0.267 e. The van der Waals surface area contributed by atoms with E-state index in [4.69, 9.17) is 22.1 Å². The van der Waals surface area contributed by atoms with Crippen LogP contribution in [0.5, 0.6) is 0 Å². The van der Waals surface area contributed by atoms with Crippen LogP contribution in [0.15, 0.2) is 30.3 Å². The van der Waals surface area contributed by atoms with Gasteiger partial charge in [-0.3, -0.25) is 9.59 Å². The number of anilines is 1. The molecular formula is C18H20Cl2N4O3. The molecule has 7 nitrogen and oxygen atoms in total. The largest absolute Gasteiger partial charge is 0.371 e. The van der Waals surface area contributed by atoms with E-state index in [0.29, 0.717) is 35.1 Å². The Hall–Kier alpha value is -2.19. The summed E-state index contributed by atoms with van der Waals surface area (Å²) in [5, 5.41) is 6.53. The maximum absolute atomic E-state index is 12.5. The molecule has 9 heteroatoms. The van der Waals surface area contributed by atoms with Gasteiger partial charge in [0.1, 0.15) is 5.69 Å². The molecule has 0 radical (unpaired) electrons. The van der Waals surface area contributed by atoms with E-state index >= 15 is 0 Å². The van der Waals surface area contributed by atoms with Gasteiger partial charge in [0, 0.05) is 40.6 Å². The SMILES string of the molecule is Cc1cc(C(=O)Nc2ccc(C3CNCCO3)c(Cl)c2)cc(C(N)=O)n1.Cl. The number of nitrogens with two attached hydrogens (primary N) is 1. The first-order valence-corrected chi connectivity index (χ1v) is 8.53. The van der Waals surface area contributed by atoms with Crippen LogP contribution in [0.1, 0.15) is 38.2 Å². The molecule has 1 aliphatic heterocycles. The molecule has 27 heavy (non-hydrogen) atoms. The van der Waals surface area contributed by atoms with Crippen molar-refractivity contribution in [1.29, 1.82) is 0 Å². The van der Waals surface area contributed by atoms with Gasteiger partial charge in [0.05, 0.1) is 12.7 Å². The molecule has 1 fully saturated rings. The normalized spacial score (nSPS) is 16.3. The number of hydrogen-bond donors (Lipinski definition) is 3. The molecule has 2 heterocycles. The lowest BCUT2D eigenvalue weighted by Gasteiger charge is -2.25. The summed E-state index contributed by atoms with van der Waals surface area (Å²) in [4.78, 5) is 27.8. The van der Waals surface area contributed by atoms with Crippen LogP contribution in [0, 0.1) is 6.92 Å². The number of nitrogens with zero attached hydrogens (tertiary/aromatic N) is 1. The van der Waals surface area contributed by atoms with E-state index < -0.39 is 5.91 Å². The lowest BCUT2D eigenvalue weighted by atomic mass is 10.1. The van der Waals surface area contributed by atoms with Crippen molar-refractivity contribution in [2.45, 2.75) is 13.0 Å². The fourth-order valence-corrected chi connectivity index (χ4v) is 3.06. The number of carbonyl (C=O) groups is 2. The van der Waals surface area contributed by atoms with Crippen molar-refractivity contribution < 1.29 is 14.3 Å². The van der Waals surface area contributed by atoms with Gasteiger partial charge >= 0.3 is 0 Å². The molecule has 144 valence electrons. The molecule has 1 unspecified atom stereocenters. The van der Waals surface area contributed by atoms with Crippen LogP contribution in [0.3, 0.4) is 0 Å². The molecule has 0 spiro atoms. The third-order valence-corrected chi connectivity index (χ3v) is 4.33. The van der Waals surface area contributed by atoms with Crippen molar-refractivity contribution in [3.63, 3.8) is 0 Å². The highest BCUT2D eigenvalue weighted by molar-refractivity contribution is 6.31. The molecule has 0 saturated carbocycles. The minimum absolute atomic E-state index is 0. The molecule has 1 aromatic carbocycles.